The Hall–Kier alpha value is -1.07. The molecule has 5 heteroatoms. The Morgan fingerprint density at radius 1 is 1.29 bits per heavy atom. The number of sulfonamides is 1. The lowest BCUT2D eigenvalue weighted by atomic mass is 10.1. The predicted octanol–water partition coefficient (Wildman–Crippen LogP) is 1.75. The summed E-state index contributed by atoms with van der Waals surface area (Å²) in [5.41, 5.74) is 1.75. The molecule has 0 spiro atoms. The molecule has 17 heavy (non-hydrogen) atoms. The van der Waals surface area contributed by atoms with E-state index in [-0.39, 0.29) is 10.9 Å². The maximum Gasteiger partial charge on any atom is 0.244 e. The summed E-state index contributed by atoms with van der Waals surface area (Å²) in [6.45, 7) is 3.73. The molecular weight excluding hydrogens is 238 g/mol. The first-order valence-electron chi connectivity index (χ1n) is 5.61. The van der Waals surface area contributed by atoms with Gasteiger partial charge in [-0.05, 0) is 43.9 Å². The van der Waals surface area contributed by atoms with Gasteiger partial charge in [-0.2, -0.15) is 0 Å². The van der Waals surface area contributed by atoms with Crippen molar-refractivity contribution in [2.24, 2.45) is 0 Å². The summed E-state index contributed by atoms with van der Waals surface area (Å²) in [6, 6.07) is 3.66. The molecule has 0 saturated heterocycles. The van der Waals surface area contributed by atoms with E-state index in [1.807, 2.05) is 19.9 Å². The first-order valence-corrected chi connectivity index (χ1v) is 7.10. The SMILES string of the molecule is COc1c(C)cc(C)cc1S(=O)(=O)NC1CC1. The van der Waals surface area contributed by atoms with Gasteiger partial charge in [-0.25, -0.2) is 13.1 Å². The lowest BCUT2D eigenvalue weighted by Crippen LogP contribution is -2.26. The van der Waals surface area contributed by atoms with Crippen molar-refractivity contribution in [3.05, 3.63) is 23.3 Å². The average Bonchev–Trinajstić information content (AvgIpc) is 3.00. The van der Waals surface area contributed by atoms with Crippen molar-refractivity contribution in [2.45, 2.75) is 37.6 Å². The molecule has 0 atom stereocenters. The molecule has 0 unspecified atom stereocenters. The lowest BCUT2D eigenvalue weighted by Gasteiger charge is -2.13. The standard InChI is InChI=1S/C12H17NO3S/c1-8-6-9(2)12(16-3)11(7-8)17(14,15)13-10-4-5-10/h6-7,10,13H,4-5H2,1-3H3. The zero-order valence-corrected chi connectivity index (χ0v) is 11.1. The molecule has 0 bridgehead atoms. The van der Waals surface area contributed by atoms with Gasteiger partial charge in [0.05, 0.1) is 7.11 Å². The summed E-state index contributed by atoms with van der Waals surface area (Å²) < 4.78 is 32.2. The fourth-order valence-corrected chi connectivity index (χ4v) is 3.49. The number of hydrogen-bond donors (Lipinski definition) is 1. The number of benzene rings is 1. The monoisotopic (exact) mass is 255 g/mol. The van der Waals surface area contributed by atoms with Crippen LogP contribution in [0.2, 0.25) is 0 Å². The maximum absolute atomic E-state index is 12.2. The van der Waals surface area contributed by atoms with E-state index in [1.54, 1.807) is 6.07 Å². The Morgan fingerprint density at radius 2 is 1.94 bits per heavy atom. The van der Waals surface area contributed by atoms with Crippen molar-refractivity contribution >= 4 is 10.0 Å². The van der Waals surface area contributed by atoms with Crippen LogP contribution < -0.4 is 9.46 Å². The van der Waals surface area contributed by atoms with Gasteiger partial charge in [0.15, 0.2) is 0 Å². The Balaban J connectivity index is 2.48. The van der Waals surface area contributed by atoms with Gasteiger partial charge >= 0.3 is 0 Å². The number of nitrogens with one attached hydrogen (secondary N) is 1. The van der Waals surface area contributed by atoms with Gasteiger partial charge in [-0.15, -0.1) is 0 Å². The van der Waals surface area contributed by atoms with Crippen molar-refractivity contribution in [3.8, 4) is 5.75 Å². The highest BCUT2D eigenvalue weighted by Crippen LogP contribution is 2.31. The zero-order valence-electron chi connectivity index (χ0n) is 10.3. The first kappa shape index (κ1) is 12.4. The quantitative estimate of drug-likeness (QED) is 0.891. The summed E-state index contributed by atoms with van der Waals surface area (Å²) in [5.74, 6) is 0.434. The van der Waals surface area contributed by atoms with Crippen molar-refractivity contribution in [3.63, 3.8) is 0 Å². The molecule has 0 aliphatic heterocycles. The molecule has 0 aromatic heterocycles. The van der Waals surface area contributed by atoms with E-state index in [1.165, 1.54) is 7.11 Å². The molecule has 1 N–H and O–H groups in total. The number of ether oxygens (including phenoxy) is 1. The zero-order chi connectivity index (χ0) is 12.6. The highest BCUT2D eigenvalue weighted by molar-refractivity contribution is 7.89. The average molecular weight is 255 g/mol. The van der Waals surface area contributed by atoms with Crippen LogP contribution in [-0.4, -0.2) is 21.6 Å². The minimum atomic E-state index is -3.46. The summed E-state index contributed by atoms with van der Waals surface area (Å²) in [4.78, 5) is 0.240. The second-order valence-electron chi connectivity index (χ2n) is 4.51. The number of hydrogen-bond acceptors (Lipinski definition) is 3. The number of aryl methyl sites for hydroxylation is 2. The van der Waals surface area contributed by atoms with Crippen molar-refractivity contribution in [1.29, 1.82) is 0 Å². The maximum atomic E-state index is 12.2. The second kappa shape index (κ2) is 4.31. The Labute approximate surface area is 102 Å². The fourth-order valence-electron chi connectivity index (χ4n) is 1.86. The van der Waals surface area contributed by atoms with Crippen LogP contribution >= 0.6 is 0 Å². The molecule has 0 amide bonds. The molecule has 0 heterocycles. The van der Waals surface area contributed by atoms with Gasteiger partial charge in [0.1, 0.15) is 10.6 Å². The summed E-state index contributed by atoms with van der Waals surface area (Å²) in [7, 11) is -1.97. The highest BCUT2D eigenvalue weighted by Gasteiger charge is 2.30. The van der Waals surface area contributed by atoms with Crippen LogP contribution in [0.1, 0.15) is 24.0 Å². The van der Waals surface area contributed by atoms with Gasteiger partial charge < -0.3 is 4.74 Å². The molecule has 1 aliphatic rings. The second-order valence-corrected chi connectivity index (χ2v) is 6.19. The Morgan fingerprint density at radius 3 is 2.47 bits per heavy atom. The smallest absolute Gasteiger partial charge is 0.244 e. The third-order valence-corrected chi connectivity index (χ3v) is 4.30. The minimum Gasteiger partial charge on any atom is -0.495 e. The Kier molecular flexibility index (Phi) is 3.14. The van der Waals surface area contributed by atoms with Crippen molar-refractivity contribution in [1.82, 2.24) is 4.72 Å². The van der Waals surface area contributed by atoms with Gasteiger partial charge in [0.25, 0.3) is 0 Å². The topological polar surface area (TPSA) is 55.4 Å². The molecular formula is C12H17NO3S. The van der Waals surface area contributed by atoms with Gasteiger partial charge in [-0.1, -0.05) is 6.07 Å². The van der Waals surface area contributed by atoms with E-state index in [0.717, 1.165) is 24.0 Å². The molecule has 1 aromatic rings. The summed E-state index contributed by atoms with van der Waals surface area (Å²) in [6.07, 6.45) is 1.85. The number of rotatable bonds is 4. The number of methoxy groups -OCH3 is 1. The van der Waals surface area contributed by atoms with Crippen LogP contribution in [0.5, 0.6) is 5.75 Å². The van der Waals surface area contributed by atoms with Gasteiger partial charge in [-0.3, -0.25) is 0 Å². The van der Waals surface area contributed by atoms with E-state index in [0.29, 0.717) is 5.75 Å². The first-order chi connectivity index (χ1) is 7.94. The van der Waals surface area contributed by atoms with Crippen LogP contribution in [0.3, 0.4) is 0 Å². The highest BCUT2D eigenvalue weighted by atomic mass is 32.2. The van der Waals surface area contributed by atoms with Crippen LogP contribution in [0.25, 0.3) is 0 Å². The minimum absolute atomic E-state index is 0.102. The van der Waals surface area contributed by atoms with Gasteiger partial charge in [0.2, 0.25) is 10.0 Å². The molecule has 1 aliphatic carbocycles. The molecule has 0 radical (unpaired) electrons. The third-order valence-electron chi connectivity index (χ3n) is 2.78. The van der Waals surface area contributed by atoms with Gasteiger partial charge in [0, 0.05) is 6.04 Å². The van der Waals surface area contributed by atoms with Crippen LogP contribution in [0.4, 0.5) is 0 Å². The molecule has 4 nitrogen and oxygen atoms in total. The normalized spacial score (nSPS) is 15.9. The fraction of sp³-hybridized carbons (Fsp3) is 0.500. The Bertz CT molecular complexity index is 533. The van der Waals surface area contributed by atoms with Crippen LogP contribution in [0, 0.1) is 13.8 Å². The summed E-state index contributed by atoms with van der Waals surface area (Å²) >= 11 is 0. The third kappa shape index (κ3) is 2.61. The summed E-state index contributed by atoms with van der Waals surface area (Å²) in [5, 5.41) is 0. The lowest BCUT2D eigenvalue weighted by molar-refractivity contribution is 0.399. The van der Waals surface area contributed by atoms with Crippen LogP contribution in [-0.2, 0) is 10.0 Å². The largest absolute Gasteiger partial charge is 0.495 e. The van der Waals surface area contributed by atoms with E-state index in [4.69, 9.17) is 4.74 Å². The molecule has 2 rings (SSSR count). The van der Waals surface area contributed by atoms with Crippen molar-refractivity contribution in [2.75, 3.05) is 7.11 Å². The van der Waals surface area contributed by atoms with E-state index in [2.05, 4.69) is 4.72 Å². The van der Waals surface area contributed by atoms with E-state index < -0.39 is 10.0 Å². The van der Waals surface area contributed by atoms with E-state index >= 15 is 0 Å². The van der Waals surface area contributed by atoms with E-state index in [9.17, 15) is 8.42 Å². The van der Waals surface area contributed by atoms with Crippen LogP contribution in [0.15, 0.2) is 17.0 Å². The predicted molar refractivity (Wildman–Crippen MR) is 65.8 cm³/mol. The van der Waals surface area contributed by atoms with Crippen molar-refractivity contribution < 1.29 is 13.2 Å². The molecule has 1 saturated carbocycles. The molecule has 94 valence electrons. The molecule has 1 aromatic carbocycles. The molecule has 1 fully saturated rings.